The summed E-state index contributed by atoms with van der Waals surface area (Å²) < 4.78 is 20.8. The average molecular weight is 338 g/mol. The SMILES string of the molecule is CCCOC(=O)CCC(=O)OCC(C)COCOc1ccccc1. The molecule has 0 bridgehead atoms. The van der Waals surface area contributed by atoms with Crippen molar-refractivity contribution in [1.29, 1.82) is 0 Å². The molecule has 6 heteroatoms. The molecule has 1 aromatic carbocycles. The summed E-state index contributed by atoms with van der Waals surface area (Å²) in [6.07, 6.45) is 0.851. The van der Waals surface area contributed by atoms with Gasteiger partial charge in [0.25, 0.3) is 0 Å². The van der Waals surface area contributed by atoms with Gasteiger partial charge in [-0.2, -0.15) is 0 Å². The smallest absolute Gasteiger partial charge is 0.306 e. The molecule has 0 radical (unpaired) electrons. The van der Waals surface area contributed by atoms with Crippen molar-refractivity contribution in [3.8, 4) is 5.75 Å². The molecule has 0 N–H and O–H groups in total. The molecule has 0 spiro atoms. The molecule has 6 nitrogen and oxygen atoms in total. The third kappa shape index (κ3) is 9.84. The van der Waals surface area contributed by atoms with E-state index in [1.165, 1.54) is 0 Å². The largest absolute Gasteiger partial charge is 0.468 e. The van der Waals surface area contributed by atoms with Gasteiger partial charge in [0.05, 0.1) is 32.7 Å². The van der Waals surface area contributed by atoms with E-state index in [9.17, 15) is 9.59 Å². The van der Waals surface area contributed by atoms with Gasteiger partial charge in [-0.15, -0.1) is 0 Å². The van der Waals surface area contributed by atoms with Gasteiger partial charge in [0.2, 0.25) is 0 Å². The Balaban J connectivity index is 2.03. The summed E-state index contributed by atoms with van der Waals surface area (Å²) >= 11 is 0. The molecule has 0 aliphatic rings. The lowest BCUT2D eigenvalue weighted by Gasteiger charge is -2.13. The van der Waals surface area contributed by atoms with Crippen molar-refractivity contribution in [1.82, 2.24) is 0 Å². The summed E-state index contributed by atoms with van der Waals surface area (Å²) in [7, 11) is 0. The van der Waals surface area contributed by atoms with Crippen molar-refractivity contribution in [3.63, 3.8) is 0 Å². The third-order valence-corrected chi connectivity index (χ3v) is 2.98. The lowest BCUT2D eigenvalue weighted by atomic mass is 10.2. The first kappa shape index (κ1) is 20.0. The summed E-state index contributed by atoms with van der Waals surface area (Å²) in [4.78, 5) is 22.8. The van der Waals surface area contributed by atoms with Gasteiger partial charge in [0.15, 0.2) is 6.79 Å². The summed E-state index contributed by atoms with van der Waals surface area (Å²) in [6, 6.07) is 9.37. The van der Waals surface area contributed by atoms with Gasteiger partial charge in [-0.1, -0.05) is 32.0 Å². The Kier molecular flexibility index (Phi) is 10.3. The van der Waals surface area contributed by atoms with E-state index >= 15 is 0 Å². The highest BCUT2D eigenvalue weighted by molar-refractivity contribution is 5.77. The molecular weight excluding hydrogens is 312 g/mol. The molecule has 0 aliphatic heterocycles. The lowest BCUT2D eigenvalue weighted by Crippen LogP contribution is -2.18. The van der Waals surface area contributed by atoms with E-state index in [4.69, 9.17) is 18.9 Å². The normalized spacial score (nSPS) is 11.6. The zero-order chi connectivity index (χ0) is 17.6. The van der Waals surface area contributed by atoms with Gasteiger partial charge >= 0.3 is 11.9 Å². The summed E-state index contributed by atoms with van der Waals surface area (Å²) in [5.41, 5.74) is 0. The van der Waals surface area contributed by atoms with Crippen LogP contribution in [-0.2, 0) is 23.8 Å². The molecule has 0 heterocycles. The zero-order valence-electron chi connectivity index (χ0n) is 14.4. The quantitative estimate of drug-likeness (QED) is 0.331. The Bertz CT molecular complexity index is 474. The lowest BCUT2D eigenvalue weighted by molar-refractivity contribution is -0.151. The first-order valence-electron chi connectivity index (χ1n) is 8.18. The monoisotopic (exact) mass is 338 g/mol. The van der Waals surface area contributed by atoms with Gasteiger partial charge in [0.1, 0.15) is 5.75 Å². The maximum absolute atomic E-state index is 11.5. The van der Waals surface area contributed by atoms with Crippen LogP contribution < -0.4 is 4.74 Å². The Morgan fingerprint density at radius 3 is 2.33 bits per heavy atom. The second kappa shape index (κ2) is 12.4. The van der Waals surface area contributed by atoms with Crippen LogP contribution in [0.2, 0.25) is 0 Å². The molecule has 24 heavy (non-hydrogen) atoms. The van der Waals surface area contributed by atoms with Crippen molar-refractivity contribution in [2.45, 2.75) is 33.1 Å². The van der Waals surface area contributed by atoms with E-state index in [2.05, 4.69) is 0 Å². The van der Waals surface area contributed by atoms with E-state index in [0.717, 1.165) is 12.2 Å². The standard InChI is InChI=1S/C18H26O6/c1-3-11-22-17(19)9-10-18(20)23-13-15(2)12-21-14-24-16-7-5-4-6-8-16/h4-8,15H,3,9-14H2,1-2H3. The van der Waals surface area contributed by atoms with Crippen molar-refractivity contribution in [2.75, 3.05) is 26.6 Å². The number of esters is 2. The molecular formula is C18H26O6. The minimum absolute atomic E-state index is 0.0350. The topological polar surface area (TPSA) is 71.1 Å². The number of hydrogen-bond acceptors (Lipinski definition) is 6. The van der Waals surface area contributed by atoms with Crippen molar-refractivity contribution >= 4 is 11.9 Å². The van der Waals surface area contributed by atoms with E-state index in [1.807, 2.05) is 44.2 Å². The predicted octanol–water partition coefficient (Wildman–Crippen LogP) is 2.95. The van der Waals surface area contributed by atoms with Gasteiger partial charge in [-0.25, -0.2) is 0 Å². The molecule has 1 atom stereocenters. The Labute approximate surface area is 143 Å². The highest BCUT2D eigenvalue weighted by Crippen LogP contribution is 2.08. The number of para-hydroxylation sites is 1. The predicted molar refractivity (Wildman–Crippen MR) is 88.5 cm³/mol. The Hall–Kier alpha value is -2.08. The summed E-state index contributed by atoms with van der Waals surface area (Å²) in [5.74, 6) is 0.00554. The Morgan fingerprint density at radius 1 is 1.00 bits per heavy atom. The van der Waals surface area contributed by atoms with Crippen molar-refractivity contribution in [3.05, 3.63) is 30.3 Å². The zero-order valence-corrected chi connectivity index (χ0v) is 14.4. The molecule has 1 unspecified atom stereocenters. The summed E-state index contributed by atoms with van der Waals surface area (Å²) in [5, 5.41) is 0. The second-order valence-corrected chi connectivity index (χ2v) is 5.45. The molecule has 0 fully saturated rings. The maximum atomic E-state index is 11.5. The molecule has 0 aromatic heterocycles. The molecule has 1 aromatic rings. The summed E-state index contributed by atoms with van der Waals surface area (Å²) in [6.45, 7) is 5.01. The fourth-order valence-corrected chi connectivity index (χ4v) is 1.72. The molecule has 0 saturated carbocycles. The van der Waals surface area contributed by atoms with Crippen LogP contribution in [0.5, 0.6) is 5.75 Å². The third-order valence-electron chi connectivity index (χ3n) is 2.98. The first-order valence-corrected chi connectivity index (χ1v) is 8.18. The number of benzene rings is 1. The van der Waals surface area contributed by atoms with Crippen molar-refractivity contribution < 1.29 is 28.5 Å². The maximum Gasteiger partial charge on any atom is 0.306 e. The second-order valence-electron chi connectivity index (χ2n) is 5.45. The molecule has 134 valence electrons. The minimum atomic E-state index is -0.407. The van der Waals surface area contributed by atoms with Crippen LogP contribution in [0, 0.1) is 5.92 Å². The fraction of sp³-hybridized carbons (Fsp3) is 0.556. The van der Waals surface area contributed by atoms with E-state index in [-0.39, 0.29) is 38.1 Å². The van der Waals surface area contributed by atoms with Crippen LogP contribution >= 0.6 is 0 Å². The minimum Gasteiger partial charge on any atom is -0.468 e. The number of carbonyl (C=O) groups excluding carboxylic acids is 2. The highest BCUT2D eigenvalue weighted by atomic mass is 16.7. The molecule has 1 rings (SSSR count). The van der Waals surface area contributed by atoms with Gasteiger partial charge in [-0.3, -0.25) is 9.59 Å². The van der Waals surface area contributed by atoms with Crippen LogP contribution in [0.15, 0.2) is 30.3 Å². The van der Waals surface area contributed by atoms with Crippen molar-refractivity contribution in [2.24, 2.45) is 5.92 Å². The number of carbonyl (C=O) groups is 2. The molecule has 0 amide bonds. The highest BCUT2D eigenvalue weighted by Gasteiger charge is 2.11. The number of rotatable bonds is 12. The van der Waals surface area contributed by atoms with Crippen LogP contribution in [-0.4, -0.2) is 38.6 Å². The van der Waals surface area contributed by atoms with E-state index < -0.39 is 5.97 Å². The van der Waals surface area contributed by atoms with Gasteiger partial charge in [0, 0.05) is 5.92 Å². The average Bonchev–Trinajstić information content (AvgIpc) is 2.61. The number of ether oxygens (including phenoxy) is 4. The van der Waals surface area contributed by atoms with Crippen LogP contribution in [0.25, 0.3) is 0 Å². The molecule has 0 saturated heterocycles. The van der Waals surface area contributed by atoms with E-state index in [0.29, 0.717) is 13.2 Å². The first-order chi connectivity index (χ1) is 11.6. The number of hydrogen-bond donors (Lipinski definition) is 0. The fourth-order valence-electron chi connectivity index (χ4n) is 1.72. The van der Waals surface area contributed by atoms with Gasteiger partial charge < -0.3 is 18.9 Å². The Morgan fingerprint density at radius 2 is 1.67 bits per heavy atom. The van der Waals surface area contributed by atoms with Crippen LogP contribution in [0.1, 0.15) is 33.1 Å². The molecule has 0 aliphatic carbocycles. The van der Waals surface area contributed by atoms with Crippen LogP contribution in [0.3, 0.4) is 0 Å². The van der Waals surface area contributed by atoms with Crippen LogP contribution in [0.4, 0.5) is 0 Å². The van der Waals surface area contributed by atoms with Gasteiger partial charge in [-0.05, 0) is 18.6 Å². The van der Waals surface area contributed by atoms with E-state index in [1.54, 1.807) is 0 Å².